The number of methoxy groups -OCH3 is 1. The van der Waals surface area contributed by atoms with Crippen LogP contribution < -0.4 is 19.9 Å². The van der Waals surface area contributed by atoms with E-state index >= 15 is 0 Å². The van der Waals surface area contributed by atoms with Gasteiger partial charge in [0.15, 0.2) is 11.5 Å². The Labute approximate surface area is 137 Å². The third kappa shape index (κ3) is 4.14. The molecule has 0 aromatic heterocycles. The van der Waals surface area contributed by atoms with Crippen LogP contribution in [0.5, 0.6) is 17.2 Å². The van der Waals surface area contributed by atoms with E-state index in [2.05, 4.69) is 15.9 Å². The van der Waals surface area contributed by atoms with Crippen molar-refractivity contribution in [2.45, 2.75) is 0 Å². The van der Waals surface area contributed by atoms with E-state index in [0.717, 1.165) is 10.2 Å². The summed E-state index contributed by atoms with van der Waals surface area (Å²) in [4.78, 5) is 11.4. The lowest BCUT2D eigenvalue weighted by Crippen LogP contribution is -2.16. The van der Waals surface area contributed by atoms with Crippen LogP contribution in [0.3, 0.4) is 0 Å². The fraction of sp³-hybridized carbons (Fsp3) is 0.188. The number of benzene rings is 2. The summed E-state index contributed by atoms with van der Waals surface area (Å²) in [5.41, 5.74) is 5.62. The van der Waals surface area contributed by atoms with Gasteiger partial charge in [-0.3, -0.25) is 4.79 Å². The van der Waals surface area contributed by atoms with Crippen molar-refractivity contribution in [1.29, 1.82) is 0 Å². The van der Waals surface area contributed by atoms with E-state index in [1.54, 1.807) is 18.2 Å². The highest BCUT2D eigenvalue weighted by atomic mass is 79.9. The van der Waals surface area contributed by atoms with Gasteiger partial charge in [0.05, 0.1) is 12.7 Å². The molecule has 0 atom stereocenters. The van der Waals surface area contributed by atoms with E-state index in [1.165, 1.54) is 7.11 Å². The van der Waals surface area contributed by atoms with Crippen LogP contribution in [0.2, 0.25) is 0 Å². The third-order valence-electron chi connectivity index (χ3n) is 2.88. The van der Waals surface area contributed by atoms with Crippen LogP contribution in [-0.2, 0) is 0 Å². The number of ether oxygens (including phenoxy) is 3. The summed E-state index contributed by atoms with van der Waals surface area (Å²) in [7, 11) is 1.51. The van der Waals surface area contributed by atoms with Crippen LogP contribution in [0.1, 0.15) is 10.4 Å². The van der Waals surface area contributed by atoms with Gasteiger partial charge in [0.1, 0.15) is 19.0 Å². The second-order valence-electron chi connectivity index (χ2n) is 4.35. The van der Waals surface area contributed by atoms with Crippen LogP contribution in [0.15, 0.2) is 46.9 Å². The first-order valence-electron chi connectivity index (χ1n) is 6.60. The molecule has 5 nitrogen and oxygen atoms in total. The molecular weight excluding hydrogens is 350 g/mol. The van der Waals surface area contributed by atoms with Gasteiger partial charge >= 0.3 is 0 Å². The predicted molar refractivity (Wildman–Crippen MR) is 86.6 cm³/mol. The monoisotopic (exact) mass is 365 g/mol. The number of rotatable bonds is 7. The maximum Gasteiger partial charge on any atom is 0.252 e. The standard InChI is InChI=1S/C16H16BrNO4/c1-20-14-4-2-3-13(16(18)19)15(14)22-10-9-21-12-7-5-11(17)6-8-12/h2-8H,9-10H2,1H3,(H2,18,19). The van der Waals surface area contributed by atoms with E-state index in [9.17, 15) is 4.79 Å². The number of hydrogen-bond acceptors (Lipinski definition) is 4. The molecule has 2 rings (SSSR count). The van der Waals surface area contributed by atoms with Crippen LogP contribution in [-0.4, -0.2) is 26.2 Å². The van der Waals surface area contributed by atoms with E-state index in [0.29, 0.717) is 18.1 Å². The molecular formula is C16H16BrNO4. The lowest BCUT2D eigenvalue weighted by Gasteiger charge is -2.14. The molecule has 0 saturated heterocycles. The Morgan fingerprint density at radius 3 is 2.41 bits per heavy atom. The maximum absolute atomic E-state index is 11.4. The molecule has 116 valence electrons. The van der Waals surface area contributed by atoms with Crippen molar-refractivity contribution in [3.63, 3.8) is 0 Å². The zero-order valence-electron chi connectivity index (χ0n) is 12.0. The molecule has 0 aliphatic heterocycles. The number of hydrogen-bond donors (Lipinski definition) is 1. The largest absolute Gasteiger partial charge is 0.493 e. The summed E-state index contributed by atoms with van der Waals surface area (Å²) >= 11 is 3.36. The first kappa shape index (κ1) is 16.2. The van der Waals surface area contributed by atoms with Crippen LogP contribution >= 0.6 is 15.9 Å². The van der Waals surface area contributed by atoms with Crippen LogP contribution in [0.4, 0.5) is 0 Å². The highest BCUT2D eigenvalue weighted by Crippen LogP contribution is 2.30. The van der Waals surface area contributed by atoms with Gasteiger partial charge in [-0.05, 0) is 36.4 Å². The molecule has 0 aliphatic carbocycles. The number of carbonyl (C=O) groups is 1. The number of halogens is 1. The van der Waals surface area contributed by atoms with Crippen molar-refractivity contribution in [3.8, 4) is 17.2 Å². The number of amides is 1. The summed E-state index contributed by atoms with van der Waals surface area (Å²) in [6, 6.07) is 12.5. The van der Waals surface area contributed by atoms with Crippen molar-refractivity contribution in [3.05, 3.63) is 52.5 Å². The molecule has 2 aromatic rings. The average molecular weight is 366 g/mol. The van der Waals surface area contributed by atoms with E-state index < -0.39 is 5.91 Å². The molecule has 1 amide bonds. The van der Waals surface area contributed by atoms with Gasteiger partial charge in [-0.15, -0.1) is 0 Å². The SMILES string of the molecule is COc1cccc(C(N)=O)c1OCCOc1ccc(Br)cc1. The van der Waals surface area contributed by atoms with Crippen molar-refractivity contribution in [1.82, 2.24) is 0 Å². The molecule has 2 aromatic carbocycles. The molecule has 0 heterocycles. The molecule has 0 saturated carbocycles. The number of nitrogens with two attached hydrogens (primary N) is 1. The highest BCUT2D eigenvalue weighted by Gasteiger charge is 2.14. The van der Waals surface area contributed by atoms with E-state index in [-0.39, 0.29) is 12.2 Å². The number of para-hydroxylation sites is 1. The van der Waals surface area contributed by atoms with Gasteiger partial charge in [0, 0.05) is 4.47 Å². The molecule has 0 fully saturated rings. The van der Waals surface area contributed by atoms with E-state index in [1.807, 2.05) is 24.3 Å². The summed E-state index contributed by atoms with van der Waals surface area (Å²) in [5, 5.41) is 0. The number of carbonyl (C=O) groups excluding carboxylic acids is 1. The van der Waals surface area contributed by atoms with Crippen LogP contribution in [0.25, 0.3) is 0 Å². The lowest BCUT2D eigenvalue weighted by atomic mass is 10.2. The number of primary amides is 1. The quantitative estimate of drug-likeness (QED) is 0.765. The Bertz CT molecular complexity index is 643. The van der Waals surface area contributed by atoms with Crippen molar-refractivity contribution < 1.29 is 19.0 Å². The molecule has 22 heavy (non-hydrogen) atoms. The second kappa shape index (κ2) is 7.70. The Morgan fingerprint density at radius 1 is 1.09 bits per heavy atom. The zero-order valence-corrected chi connectivity index (χ0v) is 13.6. The van der Waals surface area contributed by atoms with Gasteiger partial charge in [0.25, 0.3) is 5.91 Å². The predicted octanol–water partition coefficient (Wildman–Crippen LogP) is 3.01. The van der Waals surface area contributed by atoms with Crippen molar-refractivity contribution in [2.75, 3.05) is 20.3 Å². The lowest BCUT2D eigenvalue weighted by molar-refractivity contribution is 0.0994. The zero-order chi connectivity index (χ0) is 15.9. The average Bonchev–Trinajstić information content (AvgIpc) is 2.53. The maximum atomic E-state index is 11.4. The van der Waals surface area contributed by atoms with Gasteiger partial charge in [-0.1, -0.05) is 22.0 Å². The van der Waals surface area contributed by atoms with Crippen molar-refractivity contribution in [2.24, 2.45) is 5.73 Å². The topological polar surface area (TPSA) is 70.8 Å². The fourth-order valence-corrected chi connectivity index (χ4v) is 2.12. The molecule has 0 bridgehead atoms. The van der Waals surface area contributed by atoms with Gasteiger partial charge in [0.2, 0.25) is 0 Å². The summed E-state index contributed by atoms with van der Waals surface area (Å²) in [6.45, 7) is 0.592. The fourth-order valence-electron chi connectivity index (χ4n) is 1.85. The molecule has 6 heteroatoms. The highest BCUT2D eigenvalue weighted by molar-refractivity contribution is 9.10. The summed E-state index contributed by atoms with van der Waals surface area (Å²) in [5.74, 6) is 0.960. The normalized spacial score (nSPS) is 10.1. The Kier molecular flexibility index (Phi) is 5.66. The summed E-state index contributed by atoms with van der Waals surface area (Å²) < 4.78 is 17.3. The minimum atomic E-state index is -0.567. The first-order valence-corrected chi connectivity index (χ1v) is 7.39. The molecule has 0 aliphatic rings. The molecule has 0 unspecified atom stereocenters. The minimum absolute atomic E-state index is 0.261. The minimum Gasteiger partial charge on any atom is -0.493 e. The van der Waals surface area contributed by atoms with Crippen molar-refractivity contribution >= 4 is 21.8 Å². The molecule has 0 spiro atoms. The molecule has 2 N–H and O–H groups in total. The Balaban J connectivity index is 1.96. The van der Waals surface area contributed by atoms with E-state index in [4.69, 9.17) is 19.9 Å². The van der Waals surface area contributed by atoms with Crippen LogP contribution in [0, 0.1) is 0 Å². The summed E-state index contributed by atoms with van der Waals surface area (Å²) in [6.07, 6.45) is 0. The van der Waals surface area contributed by atoms with Gasteiger partial charge in [-0.2, -0.15) is 0 Å². The van der Waals surface area contributed by atoms with Gasteiger partial charge < -0.3 is 19.9 Å². The van der Waals surface area contributed by atoms with Gasteiger partial charge in [-0.25, -0.2) is 0 Å². The first-order chi connectivity index (χ1) is 10.6. The Morgan fingerprint density at radius 2 is 1.77 bits per heavy atom. The second-order valence-corrected chi connectivity index (χ2v) is 5.27. The smallest absolute Gasteiger partial charge is 0.252 e. The Hall–Kier alpha value is -2.21. The third-order valence-corrected chi connectivity index (χ3v) is 3.41. The molecule has 0 radical (unpaired) electrons.